The van der Waals surface area contributed by atoms with Gasteiger partial charge in [0.15, 0.2) is 11.8 Å². The number of nitrogens with zero attached hydrogens (tertiary/aromatic N) is 2. The number of hydrogen-bond acceptors (Lipinski definition) is 6. The fraction of sp³-hybridized carbons (Fsp3) is 0.517. The molecule has 2 aromatic carbocycles. The monoisotopic (exact) mass is 478 g/mol. The van der Waals surface area contributed by atoms with Crippen LogP contribution in [0.15, 0.2) is 60.7 Å². The Kier molecular flexibility index (Phi) is 8.58. The zero-order valence-corrected chi connectivity index (χ0v) is 21.0. The third-order valence-corrected chi connectivity index (χ3v) is 7.48. The molecule has 0 amide bonds. The summed E-state index contributed by atoms with van der Waals surface area (Å²) in [6.45, 7) is 4.02. The van der Waals surface area contributed by atoms with E-state index in [9.17, 15) is 9.59 Å². The lowest BCUT2D eigenvalue weighted by Crippen LogP contribution is -2.67. The Morgan fingerprint density at radius 1 is 0.914 bits per heavy atom. The Labute approximate surface area is 209 Å². The minimum atomic E-state index is -1.26. The molecule has 0 aromatic heterocycles. The van der Waals surface area contributed by atoms with Crippen molar-refractivity contribution in [3.8, 4) is 0 Å². The molecule has 4 rings (SSSR count). The standard InChI is InChI=1S/C29H38N2O4/c1-3-26(32)35-27(31-22-14-11-19-25(31)23-15-7-4-8-16-23)29(28(33)34-2,24-17-9-5-10-18-24)30-20-12-6-13-21-30/h4-5,7-10,15-18,25,27H,3,6,11-14,19-22H2,1-2H3/t25-,27?,29?/m0/s1. The molecule has 2 aliphatic rings. The maximum atomic E-state index is 14.0. The number of carbonyl (C=O) groups excluding carboxylic acids is 2. The van der Waals surface area contributed by atoms with Crippen LogP contribution in [0.3, 0.4) is 0 Å². The Bertz CT molecular complexity index is 961. The van der Waals surface area contributed by atoms with E-state index >= 15 is 0 Å². The van der Waals surface area contributed by atoms with Gasteiger partial charge in [-0.2, -0.15) is 0 Å². The van der Waals surface area contributed by atoms with E-state index in [2.05, 4.69) is 21.9 Å². The van der Waals surface area contributed by atoms with Gasteiger partial charge in [0.05, 0.1) is 7.11 Å². The van der Waals surface area contributed by atoms with Crippen LogP contribution < -0.4 is 0 Å². The maximum absolute atomic E-state index is 14.0. The number of ether oxygens (including phenoxy) is 2. The molecule has 35 heavy (non-hydrogen) atoms. The van der Waals surface area contributed by atoms with E-state index in [1.807, 2.05) is 48.5 Å². The van der Waals surface area contributed by atoms with Gasteiger partial charge in [0.2, 0.25) is 0 Å². The highest BCUT2D eigenvalue weighted by atomic mass is 16.6. The molecule has 2 heterocycles. The Morgan fingerprint density at radius 2 is 1.54 bits per heavy atom. The van der Waals surface area contributed by atoms with E-state index in [4.69, 9.17) is 9.47 Å². The van der Waals surface area contributed by atoms with Crippen LogP contribution in [0, 0.1) is 0 Å². The van der Waals surface area contributed by atoms with Crippen LogP contribution in [0.5, 0.6) is 0 Å². The van der Waals surface area contributed by atoms with Gasteiger partial charge in [0, 0.05) is 19.0 Å². The van der Waals surface area contributed by atoms with Gasteiger partial charge in [0.1, 0.15) is 0 Å². The van der Waals surface area contributed by atoms with Gasteiger partial charge in [-0.3, -0.25) is 14.6 Å². The Balaban J connectivity index is 1.92. The average Bonchev–Trinajstić information content (AvgIpc) is 2.94. The van der Waals surface area contributed by atoms with Crippen molar-refractivity contribution in [2.75, 3.05) is 26.7 Å². The van der Waals surface area contributed by atoms with Gasteiger partial charge in [-0.05, 0) is 49.9 Å². The highest BCUT2D eigenvalue weighted by molar-refractivity contribution is 5.84. The molecule has 3 atom stereocenters. The molecule has 0 spiro atoms. The lowest BCUT2D eigenvalue weighted by Gasteiger charge is -2.52. The van der Waals surface area contributed by atoms with Crippen LogP contribution in [-0.2, 0) is 24.6 Å². The summed E-state index contributed by atoms with van der Waals surface area (Å²) in [6.07, 6.45) is 5.54. The normalized spacial score (nSPS) is 22.1. The summed E-state index contributed by atoms with van der Waals surface area (Å²) < 4.78 is 11.9. The molecule has 2 aliphatic heterocycles. The SMILES string of the molecule is CCC(=O)OC(N1CCCC[C@H]1c1ccccc1)C(C(=O)OC)(c1ccccc1)N1CCCCC1. The molecule has 2 saturated heterocycles. The predicted octanol–water partition coefficient (Wildman–Crippen LogP) is 5.05. The van der Waals surface area contributed by atoms with E-state index in [1.165, 1.54) is 12.7 Å². The topological polar surface area (TPSA) is 59.1 Å². The first-order valence-corrected chi connectivity index (χ1v) is 13.0. The van der Waals surface area contributed by atoms with E-state index in [-0.39, 0.29) is 24.4 Å². The van der Waals surface area contributed by atoms with Gasteiger partial charge in [-0.25, -0.2) is 4.79 Å². The fourth-order valence-corrected chi connectivity index (χ4v) is 5.79. The summed E-state index contributed by atoms with van der Waals surface area (Å²) in [4.78, 5) is 31.5. The van der Waals surface area contributed by atoms with Gasteiger partial charge < -0.3 is 9.47 Å². The second kappa shape index (κ2) is 11.8. The van der Waals surface area contributed by atoms with Crippen molar-refractivity contribution < 1.29 is 19.1 Å². The highest BCUT2D eigenvalue weighted by Crippen LogP contribution is 2.44. The molecule has 2 fully saturated rings. The average molecular weight is 479 g/mol. The van der Waals surface area contributed by atoms with Crippen LogP contribution in [0.4, 0.5) is 0 Å². The zero-order chi connectivity index (χ0) is 24.7. The summed E-state index contributed by atoms with van der Waals surface area (Å²) in [5.74, 6) is -0.689. The largest absolute Gasteiger partial charge is 0.467 e. The van der Waals surface area contributed by atoms with Gasteiger partial charge >= 0.3 is 11.9 Å². The summed E-state index contributed by atoms with van der Waals surface area (Å²) >= 11 is 0. The predicted molar refractivity (Wildman–Crippen MR) is 135 cm³/mol. The number of likely N-dealkylation sites (tertiary alicyclic amines) is 2. The van der Waals surface area contributed by atoms with Crippen molar-refractivity contribution in [1.82, 2.24) is 9.80 Å². The molecule has 6 heteroatoms. The maximum Gasteiger partial charge on any atom is 0.336 e. The summed E-state index contributed by atoms with van der Waals surface area (Å²) in [7, 11) is 1.44. The lowest BCUT2D eigenvalue weighted by atomic mass is 9.81. The van der Waals surface area contributed by atoms with Crippen LogP contribution >= 0.6 is 0 Å². The molecule has 2 unspecified atom stereocenters. The number of benzene rings is 2. The zero-order valence-electron chi connectivity index (χ0n) is 21.0. The lowest BCUT2D eigenvalue weighted by molar-refractivity contribution is -0.206. The third kappa shape index (κ3) is 5.14. The Morgan fingerprint density at radius 3 is 2.17 bits per heavy atom. The van der Waals surface area contributed by atoms with Crippen molar-refractivity contribution >= 4 is 11.9 Å². The summed E-state index contributed by atoms with van der Waals surface area (Å²) in [6, 6.07) is 20.2. The first-order chi connectivity index (χ1) is 17.1. The van der Waals surface area contributed by atoms with Crippen molar-refractivity contribution in [2.24, 2.45) is 0 Å². The van der Waals surface area contributed by atoms with Gasteiger partial charge in [0.25, 0.3) is 0 Å². The van der Waals surface area contributed by atoms with Crippen LogP contribution in [0.1, 0.15) is 69.0 Å². The molecule has 0 aliphatic carbocycles. The molecule has 188 valence electrons. The van der Waals surface area contributed by atoms with Crippen molar-refractivity contribution in [3.63, 3.8) is 0 Å². The second-order valence-electron chi connectivity index (χ2n) is 9.53. The second-order valence-corrected chi connectivity index (χ2v) is 9.53. The molecule has 0 saturated carbocycles. The van der Waals surface area contributed by atoms with E-state index in [0.717, 1.165) is 63.7 Å². The number of methoxy groups -OCH3 is 1. The number of piperidine rings is 2. The number of hydrogen-bond donors (Lipinski definition) is 0. The molecule has 0 radical (unpaired) electrons. The molecular weight excluding hydrogens is 440 g/mol. The van der Waals surface area contributed by atoms with E-state index in [1.54, 1.807) is 6.92 Å². The van der Waals surface area contributed by atoms with Crippen molar-refractivity contribution in [3.05, 3.63) is 71.8 Å². The van der Waals surface area contributed by atoms with Gasteiger partial charge in [-0.1, -0.05) is 80.4 Å². The minimum absolute atomic E-state index is 0.0390. The Hall–Kier alpha value is -2.70. The van der Waals surface area contributed by atoms with Crippen LogP contribution in [0.2, 0.25) is 0 Å². The highest BCUT2D eigenvalue weighted by Gasteiger charge is 2.58. The minimum Gasteiger partial charge on any atom is -0.467 e. The molecule has 0 N–H and O–H groups in total. The third-order valence-electron chi connectivity index (χ3n) is 7.48. The van der Waals surface area contributed by atoms with Crippen LogP contribution in [-0.4, -0.2) is 54.7 Å². The number of carbonyl (C=O) groups is 2. The molecule has 0 bridgehead atoms. The fourth-order valence-electron chi connectivity index (χ4n) is 5.79. The number of rotatable bonds is 8. The number of esters is 2. The smallest absolute Gasteiger partial charge is 0.336 e. The van der Waals surface area contributed by atoms with Crippen molar-refractivity contribution in [1.29, 1.82) is 0 Å². The first kappa shape index (κ1) is 25.4. The van der Waals surface area contributed by atoms with Gasteiger partial charge in [-0.15, -0.1) is 0 Å². The van der Waals surface area contributed by atoms with Crippen molar-refractivity contribution in [2.45, 2.75) is 69.7 Å². The molecular formula is C29H38N2O4. The molecule has 2 aromatic rings. The van der Waals surface area contributed by atoms with E-state index in [0.29, 0.717) is 0 Å². The summed E-state index contributed by atoms with van der Waals surface area (Å²) in [5, 5.41) is 0. The first-order valence-electron chi connectivity index (χ1n) is 13.0. The summed E-state index contributed by atoms with van der Waals surface area (Å²) in [5.41, 5.74) is 0.723. The molecule has 6 nitrogen and oxygen atoms in total. The van der Waals surface area contributed by atoms with Crippen LogP contribution in [0.25, 0.3) is 0 Å². The quantitative estimate of drug-likeness (QED) is 0.495. The van der Waals surface area contributed by atoms with E-state index < -0.39 is 11.8 Å².